The molecule has 1 heterocycles. The fourth-order valence-electron chi connectivity index (χ4n) is 0.933. The van der Waals surface area contributed by atoms with Gasteiger partial charge >= 0.3 is 5.69 Å². The second kappa shape index (κ2) is 3.49. The highest BCUT2D eigenvalue weighted by Crippen LogP contribution is 1.88. The molecule has 68 valence electrons. The molecule has 0 aliphatic heterocycles. The third kappa shape index (κ3) is 1.50. The van der Waals surface area contributed by atoms with E-state index in [1.165, 1.54) is 29.2 Å². The van der Waals surface area contributed by atoms with Crippen LogP contribution in [0, 0.1) is 0 Å². The van der Waals surface area contributed by atoms with Crippen LogP contribution < -0.4 is 11.2 Å². The normalized spacial score (nSPS) is 9.62. The Morgan fingerprint density at radius 2 is 2.15 bits per heavy atom. The van der Waals surface area contributed by atoms with E-state index in [1.54, 1.807) is 0 Å². The zero-order valence-corrected chi connectivity index (χ0v) is 7.87. The van der Waals surface area contributed by atoms with E-state index < -0.39 is 5.69 Å². The van der Waals surface area contributed by atoms with Crippen LogP contribution in [0.4, 0.5) is 0 Å². The number of thiocarbonyl (C=S) groups is 1. The molecule has 0 aliphatic carbocycles. The summed E-state index contributed by atoms with van der Waals surface area (Å²) in [6.45, 7) is 3.45. The lowest BCUT2D eigenvalue weighted by molar-refractivity contribution is 0.740. The topological polar surface area (TPSA) is 44.0 Å². The van der Waals surface area contributed by atoms with Crippen LogP contribution in [-0.4, -0.2) is 14.5 Å². The molecular weight excluding hydrogens is 188 g/mol. The molecule has 0 saturated heterocycles. The number of rotatable bonds is 2. The average molecular weight is 196 g/mol. The van der Waals surface area contributed by atoms with Gasteiger partial charge in [0.2, 0.25) is 0 Å². The second-order valence-corrected chi connectivity index (χ2v) is 2.66. The fraction of sp³-hybridized carbons (Fsp3) is 0.125. The van der Waals surface area contributed by atoms with Gasteiger partial charge in [-0.25, -0.2) is 4.79 Å². The summed E-state index contributed by atoms with van der Waals surface area (Å²) in [5.41, 5.74) is -0.448. The maximum Gasteiger partial charge on any atom is 0.335 e. The van der Waals surface area contributed by atoms with E-state index in [-0.39, 0.29) is 5.56 Å². The Kier molecular flexibility index (Phi) is 2.57. The Morgan fingerprint density at radius 1 is 1.54 bits per heavy atom. The zero-order chi connectivity index (χ0) is 10.0. The standard InChI is InChI=1S/C8H8N2O2S/c1-3-10-6(5-13)4-7(11)9(2)8(10)12/h3-5H,1H2,2H3. The summed E-state index contributed by atoms with van der Waals surface area (Å²) >= 11 is 4.65. The van der Waals surface area contributed by atoms with Gasteiger partial charge in [-0.05, 0) is 0 Å². The van der Waals surface area contributed by atoms with Crippen LogP contribution in [0.2, 0.25) is 0 Å². The Bertz CT molecular complexity index is 470. The summed E-state index contributed by atoms with van der Waals surface area (Å²) in [5.74, 6) is 0. The van der Waals surface area contributed by atoms with Gasteiger partial charge in [0, 0.05) is 24.7 Å². The molecule has 0 amide bonds. The van der Waals surface area contributed by atoms with Gasteiger partial charge in [-0.15, -0.1) is 0 Å². The highest BCUT2D eigenvalue weighted by Gasteiger charge is 2.03. The molecule has 0 fully saturated rings. The lowest BCUT2D eigenvalue weighted by atomic mass is 10.4. The van der Waals surface area contributed by atoms with E-state index in [9.17, 15) is 9.59 Å². The Morgan fingerprint density at radius 3 is 2.62 bits per heavy atom. The zero-order valence-electron chi connectivity index (χ0n) is 7.06. The summed E-state index contributed by atoms with van der Waals surface area (Å²) < 4.78 is 2.21. The van der Waals surface area contributed by atoms with Crippen molar-refractivity contribution in [1.82, 2.24) is 9.13 Å². The lowest BCUT2D eigenvalue weighted by Crippen LogP contribution is -2.37. The Hall–Kier alpha value is -1.49. The first-order chi connectivity index (χ1) is 6.11. The number of hydrogen-bond acceptors (Lipinski definition) is 3. The molecule has 0 N–H and O–H groups in total. The van der Waals surface area contributed by atoms with Crippen molar-refractivity contribution >= 4 is 23.8 Å². The summed E-state index contributed by atoms with van der Waals surface area (Å²) in [6.07, 6.45) is 1.32. The van der Waals surface area contributed by atoms with Crippen LogP contribution in [-0.2, 0) is 7.05 Å². The van der Waals surface area contributed by atoms with Crippen LogP contribution in [0.5, 0.6) is 0 Å². The van der Waals surface area contributed by atoms with E-state index in [0.29, 0.717) is 5.69 Å². The molecule has 5 heteroatoms. The molecule has 0 spiro atoms. The summed E-state index contributed by atoms with van der Waals surface area (Å²) in [6, 6.07) is 1.29. The van der Waals surface area contributed by atoms with Crippen LogP contribution in [0.3, 0.4) is 0 Å². The van der Waals surface area contributed by atoms with Crippen molar-refractivity contribution in [3.05, 3.63) is 39.2 Å². The van der Waals surface area contributed by atoms with Crippen LogP contribution in [0.1, 0.15) is 5.69 Å². The maximum absolute atomic E-state index is 11.4. The molecule has 0 unspecified atom stereocenters. The van der Waals surface area contributed by atoms with Gasteiger partial charge in [-0.2, -0.15) is 0 Å². The largest absolute Gasteiger partial charge is 0.335 e. The van der Waals surface area contributed by atoms with E-state index >= 15 is 0 Å². The first-order valence-electron chi connectivity index (χ1n) is 3.52. The van der Waals surface area contributed by atoms with Gasteiger partial charge in [-0.1, -0.05) is 18.8 Å². The number of aromatic nitrogens is 2. The van der Waals surface area contributed by atoms with Crippen LogP contribution in [0.15, 0.2) is 22.2 Å². The third-order valence-electron chi connectivity index (χ3n) is 1.68. The van der Waals surface area contributed by atoms with Crippen molar-refractivity contribution in [2.45, 2.75) is 0 Å². The van der Waals surface area contributed by atoms with Crippen molar-refractivity contribution in [2.75, 3.05) is 0 Å². The third-order valence-corrected chi connectivity index (χ3v) is 1.92. The number of hydrogen-bond donors (Lipinski definition) is 0. The number of nitrogens with zero attached hydrogens (tertiary/aromatic N) is 2. The summed E-state index contributed by atoms with van der Waals surface area (Å²) in [7, 11) is 1.40. The Labute approximate surface area is 79.7 Å². The lowest BCUT2D eigenvalue weighted by Gasteiger charge is -2.04. The predicted octanol–water partition coefficient (Wildman–Crippen LogP) is -0.00470. The van der Waals surface area contributed by atoms with Gasteiger partial charge in [0.1, 0.15) is 0 Å². The van der Waals surface area contributed by atoms with Crippen molar-refractivity contribution in [2.24, 2.45) is 7.05 Å². The van der Waals surface area contributed by atoms with E-state index in [1.807, 2.05) is 0 Å². The Balaban J connectivity index is 3.78. The van der Waals surface area contributed by atoms with Crippen LogP contribution >= 0.6 is 12.2 Å². The summed E-state index contributed by atoms with van der Waals surface area (Å²) in [5, 5.41) is 1.27. The second-order valence-electron chi connectivity index (χ2n) is 2.42. The van der Waals surface area contributed by atoms with Crippen molar-refractivity contribution < 1.29 is 0 Å². The minimum absolute atomic E-state index is 0.373. The maximum atomic E-state index is 11.4. The molecule has 0 radical (unpaired) electrons. The van der Waals surface area contributed by atoms with Gasteiger partial charge < -0.3 is 0 Å². The van der Waals surface area contributed by atoms with Gasteiger partial charge in [0.05, 0.1) is 5.69 Å². The van der Waals surface area contributed by atoms with E-state index in [2.05, 4.69) is 18.8 Å². The van der Waals surface area contributed by atoms with E-state index in [4.69, 9.17) is 0 Å². The predicted molar refractivity (Wildman–Crippen MR) is 55.1 cm³/mol. The van der Waals surface area contributed by atoms with Gasteiger partial charge in [0.15, 0.2) is 0 Å². The van der Waals surface area contributed by atoms with E-state index in [0.717, 1.165) is 4.57 Å². The average Bonchev–Trinajstić information content (AvgIpc) is 2.13. The van der Waals surface area contributed by atoms with Crippen molar-refractivity contribution in [3.63, 3.8) is 0 Å². The SMILES string of the molecule is C=Cn1c(C=S)cc(=O)n(C)c1=O. The molecule has 0 atom stereocenters. The molecule has 1 rings (SSSR count). The minimum atomic E-state index is -0.446. The molecule has 13 heavy (non-hydrogen) atoms. The minimum Gasteiger partial charge on any atom is -0.269 e. The van der Waals surface area contributed by atoms with Crippen LogP contribution in [0.25, 0.3) is 6.20 Å². The first kappa shape index (κ1) is 9.60. The van der Waals surface area contributed by atoms with Gasteiger partial charge in [-0.3, -0.25) is 13.9 Å². The first-order valence-corrected chi connectivity index (χ1v) is 3.99. The molecule has 0 saturated carbocycles. The van der Waals surface area contributed by atoms with Gasteiger partial charge in [0.25, 0.3) is 5.56 Å². The smallest absolute Gasteiger partial charge is 0.269 e. The molecule has 0 aromatic carbocycles. The summed E-state index contributed by atoms with van der Waals surface area (Å²) in [4.78, 5) is 22.5. The monoisotopic (exact) mass is 196 g/mol. The molecule has 0 aliphatic rings. The van der Waals surface area contributed by atoms with Crippen molar-refractivity contribution in [3.8, 4) is 0 Å². The molecule has 1 aromatic heterocycles. The fourth-order valence-corrected chi connectivity index (χ4v) is 1.12. The molecule has 0 bridgehead atoms. The quantitative estimate of drug-likeness (QED) is 0.625. The molecule has 1 aromatic rings. The molecule has 4 nitrogen and oxygen atoms in total. The molecular formula is C8H8N2O2S. The highest BCUT2D eigenvalue weighted by molar-refractivity contribution is 7.79. The van der Waals surface area contributed by atoms with Crippen molar-refractivity contribution in [1.29, 1.82) is 0 Å². The highest BCUT2D eigenvalue weighted by atomic mass is 32.1.